The molecule has 1 aliphatic rings. The van der Waals surface area contributed by atoms with Gasteiger partial charge in [-0.05, 0) is 43.4 Å². The van der Waals surface area contributed by atoms with Gasteiger partial charge in [0.1, 0.15) is 5.75 Å². The summed E-state index contributed by atoms with van der Waals surface area (Å²) in [5, 5.41) is 0. The average Bonchev–Trinajstić information content (AvgIpc) is 2.35. The van der Waals surface area contributed by atoms with Crippen LogP contribution in [0.5, 0.6) is 5.75 Å². The lowest BCUT2D eigenvalue weighted by Gasteiger charge is -2.26. The molecule has 0 amide bonds. The predicted octanol–water partition coefficient (Wildman–Crippen LogP) is 2.09. The molecule has 1 aliphatic carbocycles. The van der Waals surface area contributed by atoms with Crippen molar-refractivity contribution in [2.75, 3.05) is 13.7 Å². The number of hydrogen-bond acceptors (Lipinski definition) is 3. The SMILES string of the molecule is CCONC1CCc2c(cccc2OC)C1. The van der Waals surface area contributed by atoms with Gasteiger partial charge in [0.05, 0.1) is 13.7 Å². The van der Waals surface area contributed by atoms with Crippen LogP contribution in [0.15, 0.2) is 18.2 Å². The molecule has 0 saturated heterocycles. The van der Waals surface area contributed by atoms with Gasteiger partial charge in [-0.2, -0.15) is 5.48 Å². The molecule has 1 aromatic carbocycles. The maximum Gasteiger partial charge on any atom is 0.122 e. The van der Waals surface area contributed by atoms with E-state index in [0.717, 1.165) is 25.0 Å². The molecule has 0 saturated carbocycles. The lowest BCUT2D eigenvalue weighted by molar-refractivity contribution is 0.0211. The van der Waals surface area contributed by atoms with Crippen LogP contribution in [-0.4, -0.2) is 19.8 Å². The molecular formula is C13H19NO2. The molecule has 0 radical (unpaired) electrons. The summed E-state index contributed by atoms with van der Waals surface area (Å²) >= 11 is 0. The highest BCUT2D eigenvalue weighted by molar-refractivity contribution is 5.42. The van der Waals surface area contributed by atoms with Crippen molar-refractivity contribution >= 4 is 0 Å². The van der Waals surface area contributed by atoms with Gasteiger partial charge in [0.2, 0.25) is 0 Å². The number of hydroxylamine groups is 1. The minimum absolute atomic E-state index is 0.430. The molecule has 0 aromatic heterocycles. The van der Waals surface area contributed by atoms with E-state index < -0.39 is 0 Å². The molecule has 0 heterocycles. The van der Waals surface area contributed by atoms with Crippen molar-refractivity contribution in [3.05, 3.63) is 29.3 Å². The van der Waals surface area contributed by atoms with E-state index in [9.17, 15) is 0 Å². The third-order valence-corrected chi connectivity index (χ3v) is 3.05. The second-order valence-corrected chi connectivity index (χ2v) is 4.09. The summed E-state index contributed by atoms with van der Waals surface area (Å²) in [6, 6.07) is 6.70. The van der Waals surface area contributed by atoms with Crippen LogP contribution in [0.1, 0.15) is 24.5 Å². The van der Waals surface area contributed by atoms with E-state index in [2.05, 4.69) is 17.6 Å². The van der Waals surface area contributed by atoms with Crippen LogP contribution in [-0.2, 0) is 17.7 Å². The largest absolute Gasteiger partial charge is 0.496 e. The van der Waals surface area contributed by atoms with Crippen molar-refractivity contribution < 1.29 is 9.57 Å². The summed E-state index contributed by atoms with van der Waals surface area (Å²) < 4.78 is 5.38. The highest BCUT2D eigenvalue weighted by Gasteiger charge is 2.20. The van der Waals surface area contributed by atoms with Crippen molar-refractivity contribution in [1.82, 2.24) is 5.48 Å². The molecule has 0 bridgehead atoms. The molecular weight excluding hydrogens is 202 g/mol. The third kappa shape index (κ3) is 2.36. The Labute approximate surface area is 96.7 Å². The fraction of sp³-hybridized carbons (Fsp3) is 0.538. The summed E-state index contributed by atoms with van der Waals surface area (Å²) in [5.74, 6) is 1.02. The van der Waals surface area contributed by atoms with Gasteiger partial charge >= 0.3 is 0 Å². The van der Waals surface area contributed by atoms with Crippen LogP contribution in [0.2, 0.25) is 0 Å². The van der Waals surface area contributed by atoms with E-state index in [1.165, 1.54) is 11.1 Å². The summed E-state index contributed by atoms with van der Waals surface area (Å²) in [7, 11) is 1.74. The normalized spacial score (nSPS) is 19.2. The summed E-state index contributed by atoms with van der Waals surface area (Å²) in [6.45, 7) is 2.70. The van der Waals surface area contributed by atoms with Gasteiger partial charge < -0.3 is 9.57 Å². The Morgan fingerprint density at radius 3 is 3.06 bits per heavy atom. The standard InChI is InChI=1S/C13H19NO2/c1-3-16-14-11-7-8-12-10(9-11)5-4-6-13(12)15-2/h4-6,11,14H,3,7-9H2,1-2H3. The number of methoxy groups -OCH3 is 1. The van der Waals surface area contributed by atoms with Crippen molar-refractivity contribution in [3.63, 3.8) is 0 Å². The quantitative estimate of drug-likeness (QED) is 0.790. The predicted molar refractivity (Wildman–Crippen MR) is 63.6 cm³/mol. The topological polar surface area (TPSA) is 30.5 Å². The molecule has 0 aliphatic heterocycles. The highest BCUT2D eigenvalue weighted by Crippen LogP contribution is 2.29. The number of rotatable bonds is 4. The first kappa shape index (κ1) is 11.4. The Morgan fingerprint density at radius 2 is 2.31 bits per heavy atom. The Kier molecular flexibility index (Phi) is 3.80. The van der Waals surface area contributed by atoms with E-state index in [0.29, 0.717) is 12.6 Å². The summed E-state index contributed by atoms with van der Waals surface area (Å²) in [6.07, 6.45) is 3.18. The second kappa shape index (κ2) is 5.32. The molecule has 3 nitrogen and oxygen atoms in total. The second-order valence-electron chi connectivity index (χ2n) is 4.09. The fourth-order valence-electron chi connectivity index (χ4n) is 2.27. The van der Waals surface area contributed by atoms with Crippen molar-refractivity contribution in [2.24, 2.45) is 0 Å². The van der Waals surface area contributed by atoms with Crippen molar-refractivity contribution in [1.29, 1.82) is 0 Å². The van der Waals surface area contributed by atoms with Crippen molar-refractivity contribution in [3.8, 4) is 5.75 Å². The minimum atomic E-state index is 0.430. The first-order valence-corrected chi connectivity index (χ1v) is 5.87. The first-order valence-electron chi connectivity index (χ1n) is 5.87. The Morgan fingerprint density at radius 1 is 1.44 bits per heavy atom. The van der Waals surface area contributed by atoms with Gasteiger partial charge in [-0.3, -0.25) is 0 Å². The molecule has 0 fully saturated rings. The Bertz CT molecular complexity index is 352. The lowest BCUT2D eigenvalue weighted by Crippen LogP contribution is -2.34. The molecule has 88 valence electrons. The van der Waals surface area contributed by atoms with Crippen molar-refractivity contribution in [2.45, 2.75) is 32.2 Å². The molecule has 0 spiro atoms. The van der Waals surface area contributed by atoms with E-state index >= 15 is 0 Å². The van der Waals surface area contributed by atoms with Gasteiger partial charge in [-0.15, -0.1) is 0 Å². The number of nitrogens with one attached hydrogen (secondary N) is 1. The smallest absolute Gasteiger partial charge is 0.122 e. The van der Waals surface area contributed by atoms with Gasteiger partial charge in [0.25, 0.3) is 0 Å². The maximum atomic E-state index is 5.38. The van der Waals surface area contributed by atoms with Crippen LogP contribution in [0.25, 0.3) is 0 Å². The Balaban J connectivity index is 2.09. The molecule has 1 N–H and O–H groups in total. The van der Waals surface area contributed by atoms with E-state index in [1.54, 1.807) is 7.11 Å². The van der Waals surface area contributed by atoms with Gasteiger partial charge in [0.15, 0.2) is 0 Å². The zero-order valence-corrected chi connectivity index (χ0v) is 9.95. The van der Waals surface area contributed by atoms with Crippen LogP contribution in [0.4, 0.5) is 0 Å². The first-order chi connectivity index (χ1) is 7.85. The van der Waals surface area contributed by atoms with E-state index in [-0.39, 0.29) is 0 Å². The van der Waals surface area contributed by atoms with Crippen LogP contribution in [0, 0.1) is 0 Å². The number of ether oxygens (including phenoxy) is 1. The number of hydrogen-bond donors (Lipinski definition) is 1. The number of benzene rings is 1. The number of fused-ring (bicyclic) bond motifs is 1. The summed E-state index contributed by atoms with van der Waals surface area (Å²) in [5.41, 5.74) is 5.85. The molecule has 2 rings (SSSR count). The maximum absolute atomic E-state index is 5.38. The van der Waals surface area contributed by atoms with Crippen LogP contribution >= 0.6 is 0 Å². The van der Waals surface area contributed by atoms with Crippen LogP contribution < -0.4 is 10.2 Å². The molecule has 1 atom stereocenters. The average molecular weight is 221 g/mol. The fourth-order valence-corrected chi connectivity index (χ4v) is 2.27. The lowest BCUT2D eigenvalue weighted by atomic mass is 9.88. The van der Waals surface area contributed by atoms with Gasteiger partial charge in [-0.1, -0.05) is 12.1 Å². The minimum Gasteiger partial charge on any atom is -0.496 e. The van der Waals surface area contributed by atoms with Gasteiger partial charge in [0, 0.05) is 6.04 Å². The van der Waals surface area contributed by atoms with Crippen LogP contribution in [0.3, 0.4) is 0 Å². The highest BCUT2D eigenvalue weighted by atomic mass is 16.6. The van der Waals surface area contributed by atoms with E-state index in [1.807, 2.05) is 13.0 Å². The Hall–Kier alpha value is -1.06. The zero-order valence-electron chi connectivity index (χ0n) is 9.95. The monoisotopic (exact) mass is 221 g/mol. The molecule has 3 heteroatoms. The molecule has 1 unspecified atom stereocenters. The third-order valence-electron chi connectivity index (χ3n) is 3.05. The summed E-state index contributed by atoms with van der Waals surface area (Å²) in [4.78, 5) is 5.26. The molecule has 1 aromatic rings. The van der Waals surface area contributed by atoms with Gasteiger partial charge in [-0.25, -0.2) is 0 Å². The molecule has 16 heavy (non-hydrogen) atoms. The van der Waals surface area contributed by atoms with E-state index in [4.69, 9.17) is 9.57 Å². The zero-order chi connectivity index (χ0) is 11.4.